The Kier molecular flexibility index (Phi) is 8.06. The Morgan fingerprint density at radius 3 is 2.68 bits per heavy atom. The first-order valence-electron chi connectivity index (χ1n) is 7.44. The Bertz CT molecular complexity index is 480. The first-order chi connectivity index (χ1) is 10.4. The molecular weight excluding hydrogens is 304 g/mol. The highest BCUT2D eigenvalue weighted by atomic mass is 35.5. The van der Waals surface area contributed by atoms with Crippen LogP contribution in [0.4, 0.5) is 4.79 Å². The summed E-state index contributed by atoms with van der Waals surface area (Å²) in [6.07, 6.45) is 0.971. The fourth-order valence-corrected chi connectivity index (χ4v) is 2.43. The van der Waals surface area contributed by atoms with Crippen molar-refractivity contribution in [3.05, 3.63) is 28.8 Å². The molecule has 0 radical (unpaired) electrons. The van der Waals surface area contributed by atoms with E-state index in [-0.39, 0.29) is 18.1 Å². The second-order valence-corrected chi connectivity index (χ2v) is 5.94. The summed E-state index contributed by atoms with van der Waals surface area (Å²) in [5, 5.41) is 15.5. The maximum Gasteiger partial charge on any atom is 0.314 e. The lowest BCUT2D eigenvalue weighted by Gasteiger charge is -2.14. The average molecular weight is 329 g/mol. The van der Waals surface area contributed by atoms with Crippen LogP contribution < -0.4 is 15.4 Å². The van der Waals surface area contributed by atoms with Crippen molar-refractivity contribution < 1.29 is 14.6 Å². The molecule has 0 aliphatic heterocycles. The van der Waals surface area contributed by atoms with Gasteiger partial charge in [-0.2, -0.15) is 0 Å². The molecule has 1 aromatic rings. The number of ether oxygens (including phenoxy) is 1. The lowest BCUT2D eigenvalue weighted by molar-refractivity contribution is 0.163. The van der Waals surface area contributed by atoms with Crippen molar-refractivity contribution in [2.24, 2.45) is 5.92 Å². The van der Waals surface area contributed by atoms with Crippen molar-refractivity contribution in [3.8, 4) is 5.75 Å². The number of benzene rings is 1. The predicted octanol–water partition coefficient (Wildman–Crippen LogP) is 2.60. The SMILES string of the molecule is COc1ccc(CCNC(=O)NCC(C)CC(C)O)c(Cl)c1. The van der Waals surface area contributed by atoms with E-state index in [1.165, 1.54) is 0 Å². The Labute approximate surface area is 137 Å². The van der Waals surface area contributed by atoms with Gasteiger partial charge in [-0.05, 0) is 43.4 Å². The first kappa shape index (κ1) is 18.6. The van der Waals surface area contributed by atoms with Crippen LogP contribution in [0, 0.1) is 5.92 Å². The zero-order chi connectivity index (χ0) is 16.5. The third-order valence-corrected chi connectivity index (χ3v) is 3.65. The Hall–Kier alpha value is -1.46. The second-order valence-electron chi connectivity index (χ2n) is 5.53. The fraction of sp³-hybridized carbons (Fsp3) is 0.562. The van der Waals surface area contributed by atoms with Crippen LogP contribution in [0.5, 0.6) is 5.75 Å². The quantitative estimate of drug-likeness (QED) is 0.687. The van der Waals surface area contributed by atoms with Crippen LogP contribution in [0.3, 0.4) is 0 Å². The number of aliphatic hydroxyl groups excluding tert-OH is 1. The van der Waals surface area contributed by atoms with Crippen LogP contribution >= 0.6 is 11.6 Å². The zero-order valence-electron chi connectivity index (χ0n) is 13.4. The highest BCUT2D eigenvalue weighted by molar-refractivity contribution is 6.31. The number of hydrogen-bond acceptors (Lipinski definition) is 3. The van der Waals surface area contributed by atoms with E-state index in [9.17, 15) is 9.90 Å². The number of methoxy groups -OCH3 is 1. The van der Waals surface area contributed by atoms with Gasteiger partial charge >= 0.3 is 6.03 Å². The summed E-state index contributed by atoms with van der Waals surface area (Å²) < 4.78 is 5.09. The molecule has 0 saturated heterocycles. The Morgan fingerprint density at radius 2 is 2.09 bits per heavy atom. The van der Waals surface area contributed by atoms with E-state index < -0.39 is 0 Å². The molecule has 124 valence electrons. The molecule has 2 atom stereocenters. The van der Waals surface area contributed by atoms with E-state index in [0.717, 1.165) is 5.56 Å². The maximum absolute atomic E-state index is 11.7. The molecule has 5 nitrogen and oxygen atoms in total. The average Bonchev–Trinajstić information content (AvgIpc) is 2.46. The molecule has 2 amide bonds. The molecule has 6 heteroatoms. The first-order valence-corrected chi connectivity index (χ1v) is 7.82. The highest BCUT2D eigenvalue weighted by Crippen LogP contribution is 2.22. The van der Waals surface area contributed by atoms with Gasteiger partial charge in [0.25, 0.3) is 0 Å². The minimum absolute atomic E-state index is 0.206. The number of hydrogen-bond donors (Lipinski definition) is 3. The van der Waals surface area contributed by atoms with Crippen molar-refractivity contribution in [2.45, 2.75) is 32.8 Å². The molecule has 1 aromatic carbocycles. The molecule has 0 aliphatic carbocycles. The number of aliphatic hydroxyl groups is 1. The van der Waals surface area contributed by atoms with Crippen LogP contribution in [0.1, 0.15) is 25.8 Å². The molecule has 0 aliphatic rings. The van der Waals surface area contributed by atoms with Crippen LogP contribution in [0.25, 0.3) is 0 Å². The number of rotatable bonds is 8. The monoisotopic (exact) mass is 328 g/mol. The largest absolute Gasteiger partial charge is 0.497 e. The summed E-state index contributed by atoms with van der Waals surface area (Å²) in [7, 11) is 1.59. The molecule has 0 fully saturated rings. The van der Waals surface area contributed by atoms with Gasteiger partial charge in [-0.1, -0.05) is 24.6 Å². The lowest BCUT2D eigenvalue weighted by Crippen LogP contribution is -2.39. The standard InChI is InChI=1S/C16H25ClN2O3/c1-11(8-12(2)20)10-19-16(21)18-7-6-13-4-5-14(22-3)9-15(13)17/h4-5,9,11-12,20H,6-8,10H2,1-3H3,(H2,18,19,21). The van der Waals surface area contributed by atoms with Gasteiger partial charge in [0.2, 0.25) is 0 Å². The number of urea groups is 1. The van der Waals surface area contributed by atoms with Crippen molar-refractivity contribution in [3.63, 3.8) is 0 Å². The van der Waals surface area contributed by atoms with Gasteiger partial charge in [-0.15, -0.1) is 0 Å². The van der Waals surface area contributed by atoms with E-state index in [0.29, 0.717) is 36.7 Å². The molecule has 22 heavy (non-hydrogen) atoms. The van der Waals surface area contributed by atoms with Gasteiger partial charge < -0.3 is 20.5 Å². The zero-order valence-corrected chi connectivity index (χ0v) is 14.1. The number of halogens is 1. The van der Waals surface area contributed by atoms with Crippen molar-refractivity contribution >= 4 is 17.6 Å². The van der Waals surface area contributed by atoms with E-state index in [1.54, 1.807) is 20.1 Å². The van der Waals surface area contributed by atoms with Gasteiger partial charge in [0.1, 0.15) is 5.75 Å². The van der Waals surface area contributed by atoms with E-state index in [2.05, 4.69) is 10.6 Å². The number of nitrogens with one attached hydrogen (secondary N) is 2. The molecule has 0 aromatic heterocycles. The molecular formula is C16H25ClN2O3. The Balaban J connectivity index is 2.27. The van der Waals surface area contributed by atoms with Gasteiger partial charge in [0.15, 0.2) is 0 Å². The molecule has 2 unspecified atom stereocenters. The van der Waals surface area contributed by atoms with Crippen LogP contribution in [-0.2, 0) is 6.42 Å². The summed E-state index contributed by atoms with van der Waals surface area (Å²) in [4.78, 5) is 11.7. The van der Waals surface area contributed by atoms with E-state index in [4.69, 9.17) is 16.3 Å². The van der Waals surface area contributed by atoms with E-state index in [1.807, 2.05) is 19.1 Å². The summed E-state index contributed by atoms with van der Waals surface area (Å²) in [5.74, 6) is 0.952. The Morgan fingerprint density at radius 1 is 1.36 bits per heavy atom. The summed E-state index contributed by atoms with van der Waals surface area (Å²) in [6, 6.07) is 5.29. The fourth-order valence-electron chi connectivity index (χ4n) is 2.16. The van der Waals surface area contributed by atoms with Gasteiger partial charge in [-0.25, -0.2) is 4.79 Å². The molecule has 1 rings (SSSR count). The summed E-state index contributed by atoms with van der Waals surface area (Å²) in [6.45, 7) is 4.78. The maximum atomic E-state index is 11.7. The number of carbonyl (C=O) groups excluding carboxylic acids is 1. The summed E-state index contributed by atoms with van der Waals surface area (Å²) in [5.41, 5.74) is 0.963. The van der Waals surface area contributed by atoms with Crippen LogP contribution in [0.15, 0.2) is 18.2 Å². The van der Waals surface area contributed by atoms with Gasteiger partial charge in [-0.3, -0.25) is 0 Å². The van der Waals surface area contributed by atoms with Crippen molar-refractivity contribution in [2.75, 3.05) is 20.2 Å². The smallest absolute Gasteiger partial charge is 0.314 e. The summed E-state index contributed by atoms with van der Waals surface area (Å²) >= 11 is 6.14. The number of carbonyl (C=O) groups is 1. The van der Waals surface area contributed by atoms with Crippen molar-refractivity contribution in [1.82, 2.24) is 10.6 Å². The normalized spacial score (nSPS) is 13.3. The minimum atomic E-state index is -0.350. The second kappa shape index (κ2) is 9.54. The molecule has 0 saturated carbocycles. The van der Waals surface area contributed by atoms with Gasteiger partial charge in [0.05, 0.1) is 13.2 Å². The van der Waals surface area contributed by atoms with Crippen LogP contribution in [0.2, 0.25) is 5.02 Å². The van der Waals surface area contributed by atoms with Gasteiger partial charge in [0, 0.05) is 18.1 Å². The molecule has 3 N–H and O–H groups in total. The predicted molar refractivity (Wildman–Crippen MR) is 88.6 cm³/mol. The molecule has 0 bridgehead atoms. The third-order valence-electron chi connectivity index (χ3n) is 3.29. The molecule has 0 spiro atoms. The highest BCUT2D eigenvalue weighted by Gasteiger charge is 2.08. The van der Waals surface area contributed by atoms with Crippen molar-refractivity contribution in [1.29, 1.82) is 0 Å². The molecule has 0 heterocycles. The number of amides is 2. The third kappa shape index (κ3) is 7.00. The van der Waals surface area contributed by atoms with E-state index >= 15 is 0 Å². The van der Waals surface area contributed by atoms with Crippen LogP contribution in [-0.4, -0.2) is 37.4 Å². The topological polar surface area (TPSA) is 70.6 Å². The lowest BCUT2D eigenvalue weighted by atomic mass is 10.1. The minimum Gasteiger partial charge on any atom is -0.497 e.